The van der Waals surface area contributed by atoms with Crippen molar-refractivity contribution >= 4 is 74.2 Å². The van der Waals surface area contributed by atoms with Crippen LogP contribution >= 0.6 is 46.7 Å². The van der Waals surface area contributed by atoms with Crippen molar-refractivity contribution in [3.63, 3.8) is 0 Å². The first kappa shape index (κ1) is 21.6. The minimum absolute atomic E-state index is 0. The summed E-state index contributed by atoms with van der Waals surface area (Å²) in [7, 11) is 0. The maximum Gasteiger partial charge on any atom is 1.00 e. The molecule has 2 atom stereocenters. The zero-order valence-corrected chi connectivity index (χ0v) is 19.7. The van der Waals surface area contributed by atoms with Gasteiger partial charge in [0.05, 0.1) is 17.8 Å². The fourth-order valence-corrected chi connectivity index (χ4v) is 5.69. The van der Waals surface area contributed by atoms with Gasteiger partial charge in [-0.2, -0.15) is 0 Å². The van der Waals surface area contributed by atoms with Crippen LogP contribution < -0.4 is 45.7 Å². The maximum atomic E-state index is 12.6. The number of hydrogen-bond acceptors (Lipinski definition) is 11. The third-order valence-corrected chi connectivity index (χ3v) is 6.95. The van der Waals surface area contributed by atoms with Gasteiger partial charge in [-0.05, 0) is 5.05 Å². The van der Waals surface area contributed by atoms with E-state index in [-0.39, 0.29) is 58.9 Å². The summed E-state index contributed by atoms with van der Waals surface area (Å²) in [5, 5.41) is 24.1. The summed E-state index contributed by atoms with van der Waals surface area (Å²) in [5.74, 6) is -0.242. The van der Waals surface area contributed by atoms with Gasteiger partial charge in [0.15, 0.2) is 5.13 Å². The van der Waals surface area contributed by atoms with Crippen LogP contribution in [0.1, 0.15) is 10.7 Å². The Kier molecular flexibility index (Phi) is 6.74. The molecule has 4 heterocycles. The zero-order valence-electron chi connectivity index (χ0n) is 14.4. The Balaban J connectivity index is 0.00000225. The molecule has 1 fully saturated rings. The van der Waals surface area contributed by atoms with Crippen molar-refractivity contribution in [1.29, 1.82) is 0 Å². The SMILES string of the molecule is Nc1nc(CC(=O)N[C@@H]2C(=O)N3C(C([O-])=S)=C(c4nncs4)CS[C@H]23)cs1.[Na+]. The number of nitrogens with two attached hydrogens (primary N) is 1. The van der Waals surface area contributed by atoms with Crippen LogP contribution in [0.5, 0.6) is 0 Å². The van der Waals surface area contributed by atoms with Gasteiger partial charge in [0.25, 0.3) is 5.91 Å². The van der Waals surface area contributed by atoms with Crippen molar-refractivity contribution in [1.82, 2.24) is 25.4 Å². The van der Waals surface area contributed by atoms with Gasteiger partial charge in [0.2, 0.25) is 5.91 Å². The molecule has 2 aliphatic heterocycles. The Hall–Kier alpha value is -1.09. The Morgan fingerprint density at radius 3 is 2.86 bits per heavy atom. The Labute approximate surface area is 199 Å². The van der Waals surface area contributed by atoms with Crippen molar-refractivity contribution in [3.8, 4) is 0 Å². The summed E-state index contributed by atoms with van der Waals surface area (Å²) in [6.45, 7) is 0. The minimum Gasteiger partial charge on any atom is -0.863 e. The number of thioether (sulfide) groups is 1. The number of nitrogens with zero attached hydrogens (tertiary/aromatic N) is 4. The smallest absolute Gasteiger partial charge is 0.863 e. The van der Waals surface area contributed by atoms with Crippen molar-refractivity contribution in [2.75, 3.05) is 11.5 Å². The molecule has 2 aromatic rings. The van der Waals surface area contributed by atoms with Crippen LogP contribution in [0.2, 0.25) is 0 Å². The van der Waals surface area contributed by atoms with E-state index in [2.05, 4.69) is 20.5 Å². The predicted octanol–water partition coefficient (Wildman–Crippen LogP) is -3.38. The van der Waals surface area contributed by atoms with Crippen molar-refractivity contribution < 1.29 is 44.3 Å². The number of carbonyl (C=O) groups is 2. The number of nitrogen functional groups attached to an aromatic ring is 1. The van der Waals surface area contributed by atoms with Gasteiger partial charge >= 0.3 is 29.6 Å². The number of fused-ring (bicyclic) bond motifs is 1. The van der Waals surface area contributed by atoms with Crippen LogP contribution in [0, 0.1) is 0 Å². The number of amides is 2. The molecule has 9 nitrogen and oxygen atoms in total. The van der Waals surface area contributed by atoms with Crippen LogP contribution in [0.3, 0.4) is 0 Å². The first-order valence-electron chi connectivity index (χ1n) is 7.60. The van der Waals surface area contributed by atoms with E-state index in [1.807, 2.05) is 0 Å². The molecule has 0 bridgehead atoms. The van der Waals surface area contributed by atoms with Gasteiger partial charge in [-0.1, -0.05) is 12.2 Å². The third kappa shape index (κ3) is 3.97. The van der Waals surface area contributed by atoms with Gasteiger partial charge in [0, 0.05) is 16.7 Å². The molecule has 14 heteroatoms. The second-order valence-corrected chi connectivity index (χ2v) is 8.87. The monoisotopic (exact) mass is 462 g/mol. The number of anilines is 1. The van der Waals surface area contributed by atoms with Crippen molar-refractivity contribution in [2.24, 2.45) is 0 Å². The normalized spacial score (nSPS) is 20.9. The number of nitrogens with one attached hydrogen (secondary N) is 1. The van der Waals surface area contributed by atoms with Crippen LogP contribution in [0.15, 0.2) is 16.6 Å². The van der Waals surface area contributed by atoms with E-state index in [0.717, 1.165) is 0 Å². The summed E-state index contributed by atoms with van der Waals surface area (Å²) >= 11 is 8.80. The van der Waals surface area contributed by atoms with Gasteiger partial charge < -0.3 is 16.2 Å². The molecule has 3 N–H and O–H groups in total. The molecule has 0 spiro atoms. The summed E-state index contributed by atoms with van der Waals surface area (Å²) in [6, 6.07) is -0.709. The van der Waals surface area contributed by atoms with E-state index in [1.54, 1.807) is 10.9 Å². The molecule has 0 aromatic carbocycles. The number of thiazole rings is 1. The van der Waals surface area contributed by atoms with Crippen LogP contribution in [-0.2, 0) is 16.0 Å². The third-order valence-electron chi connectivity index (χ3n) is 4.01. The number of thiocarbonyl (C=S) groups is 1. The Morgan fingerprint density at radius 2 is 2.25 bits per heavy atom. The van der Waals surface area contributed by atoms with Gasteiger partial charge in [-0.15, -0.1) is 44.6 Å². The molecular weight excluding hydrogens is 451 g/mol. The first-order chi connectivity index (χ1) is 13.0. The molecule has 0 saturated carbocycles. The standard InChI is InChI=1S/C14H12N6O3S4.Na/c15-14-17-5(2-26-14)1-7(21)18-8-11(22)20-9(13(23)24)6(3-25-12(8)20)10-19-16-4-27-10;/h2,4,8,12H,1,3H2,(H2,15,17)(H,18,21)(H,23,24);/q;+1/p-1/t8-,12-;/m1./s1. The molecule has 0 aliphatic carbocycles. The maximum absolute atomic E-state index is 12.6. The zero-order chi connectivity index (χ0) is 19.1. The summed E-state index contributed by atoms with van der Waals surface area (Å²) in [4.78, 5) is 30.2. The van der Waals surface area contributed by atoms with Gasteiger partial charge in [0.1, 0.15) is 21.9 Å². The molecule has 28 heavy (non-hydrogen) atoms. The number of aromatic nitrogens is 3. The van der Waals surface area contributed by atoms with Gasteiger partial charge in [-0.25, -0.2) is 4.98 Å². The van der Waals surface area contributed by atoms with Crippen molar-refractivity contribution in [3.05, 3.63) is 27.3 Å². The van der Waals surface area contributed by atoms with Crippen LogP contribution in [0.25, 0.3) is 5.57 Å². The minimum atomic E-state index is -0.709. The van der Waals surface area contributed by atoms with E-state index >= 15 is 0 Å². The van der Waals surface area contributed by atoms with E-state index in [1.165, 1.54) is 39.3 Å². The molecule has 1 saturated heterocycles. The first-order valence-corrected chi connectivity index (χ1v) is 10.8. The molecule has 2 aliphatic rings. The molecule has 0 radical (unpaired) electrons. The molecule has 0 unspecified atom stereocenters. The average molecular weight is 463 g/mol. The molecule has 140 valence electrons. The van der Waals surface area contributed by atoms with Crippen LogP contribution in [0.4, 0.5) is 5.13 Å². The van der Waals surface area contributed by atoms with Crippen LogP contribution in [-0.4, -0.2) is 54.1 Å². The van der Waals surface area contributed by atoms with E-state index in [4.69, 9.17) is 18.0 Å². The largest absolute Gasteiger partial charge is 1.00 e. The average Bonchev–Trinajstić information content (AvgIpc) is 3.30. The predicted molar refractivity (Wildman–Crippen MR) is 105 cm³/mol. The van der Waals surface area contributed by atoms with E-state index in [0.29, 0.717) is 27.2 Å². The second-order valence-electron chi connectivity index (χ2n) is 5.67. The molecule has 2 amide bonds. The number of β-lactam (4-membered cyclic amide) rings is 1. The molecular formula is C14H11N6NaO3S4. The fourth-order valence-electron chi connectivity index (χ4n) is 2.87. The number of hydrogen-bond donors (Lipinski definition) is 2. The van der Waals surface area contributed by atoms with Gasteiger partial charge in [-0.3, -0.25) is 14.5 Å². The summed E-state index contributed by atoms with van der Waals surface area (Å²) in [5.41, 5.74) is 8.42. The van der Waals surface area contributed by atoms with Crippen molar-refractivity contribution in [2.45, 2.75) is 17.8 Å². The number of rotatable bonds is 5. The Bertz CT molecular complexity index is 962. The fraction of sp³-hybridized carbons (Fsp3) is 0.286. The van der Waals surface area contributed by atoms with E-state index < -0.39 is 11.1 Å². The molecule has 4 rings (SSSR count). The summed E-state index contributed by atoms with van der Waals surface area (Å²) in [6.07, 6.45) is 0.0353. The number of carbonyl (C=O) groups excluding carboxylic acids is 2. The Morgan fingerprint density at radius 1 is 1.46 bits per heavy atom. The molecule has 2 aromatic heterocycles. The quantitative estimate of drug-likeness (QED) is 0.265. The topological polar surface area (TPSA) is 137 Å². The van der Waals surface area contributed by atoms with E-state index in [9.17, 15) is 14.7 Å². The second kappa shape index (κ2) is 8.73. The summed E-state index contributed by atoms with van der Waals surface area (Å²) < 4.78 is 0.